The number of carbonyl (C=O) groups excluding carboxylic acids is 4. The maximum absolute atomic E-state index is 13.6. The van der Waals surface area contributed by atoms with Crippen LogP contribution in [0.1, 0.15) is 88.1 Å². The van der Waals surface area contributed by atoms with Crippen molar-refractivity contribution < 1.29 is 28.7 Å². The van der Waals surface area contributed by atoms with Crippen LogP contribution in [0.5, 0.6) is 0 Å². The molecule has 14 nitrogen and oxygen atoms in total. The Morgan fingerprint density at radius 1 is 0.796 bits per heavy atom. The highest BCUT2D eigenvalue weighted by Gasteiger charge is 2.39. The van der Waals surface area contributed by atoms with E-state index in [4.69, 9.17) is 14.5 Å². The van der Waals surface area contributed by atoms with Gasteiger partial charge in [0.15, 0.2) is 0 Å². The second-order valence-electron chi connectivity index (χ2n) is 14.4. The molecule has 2 saturated heterocycles. The first-order chi connectivity index (χ1) is 26.0. The Kier molecular flexibility index (Phi) is 11.5. The third kappa shape index (κ3) is 8.05. The summed E-state index contributed by atoms with van der Waals surface area (Å²) in [5.41, 5.74) is 5.80. The van der Waals surface area contributed by atoms with Crippen LogP contribution in [0.2, 0.25) is 0 Å². The molecule has 14 heteroatoms. The van der Waals surface area contributed by atoms with E-state index in [1.807, 2.05) is 75.1 Å². The fourth-order valence-electron chi connectivity index (χ4n) is 7.30. The minimum absolute atomic E-state index is 0.115. The van der Waals surface area contributed by atoms with Crippen molar-refractivity contribution in [3.8, 4) is 23.1 Å². The molecule has 284 valence electrons. The van der Waals surface area contributed by atoms with Crippen molar-refractivity contribution in [2.75, 3.05) is 27.3 Å². The van der Waals surface area contributed by atoms with Crippen LogP contribution in [0.15, 0.2) is 48.8 Å². The minimum Gasteiger partial charge on any atom is -0.453 e. The zero-order chi connectivity index (χ0) is 38.5. The molecule has 0 bridgehead atoms. The standard InChI is InChI=1S/C40H48N8O6/c1-23(2)32(45-39(51)53-5)37(49)47-19-7-9-30(47)35-34(41-22-42-35)27-16-13-25(14-17-27)11-12-26-15-18-28-29(21-26)44-36(43-28)31-10-8-20-48(31)38(50)33(24(3)4)46-40(52)54-6/h13-18,21-24,30-33H,7-10,19-20H2,1-6H3,(H,41,42)(H,43,44)(H,45,51)(H,46,52)/t30-,31-,32-,33-/m0/s1. The van der Waals surface area contributed by atoms with Crippen molar-refractivity contribution in [1.29, 1.82) is 0 Å². The molecule has 2 aromatic carbocycles. The molecule has 2 aliphatic rings. The Morgan fingerprint density at radius 3 is 1.94 bits per heavy atom. The Labute approximate surface area is 314 Å². The molecular weight excluding hydrogens is 688 g/mol. The predicted octanol–water partition coefficient (Wildman–Crippen LogP) is 5.44. The van der Waals surface area contributed by atoms with Gasteiger partial charge in [0.05, 0.1) is 55.1 Å². The average Bonchev–Trinajstić information content (AvgIpc) is 4.00. The maximum Gasteiger partial charge on any atom is 0.407 e. The van der Waals surface area contributed by atoms with E-state index in [0.717, 1.165) is 64.8 Å². The molecule has 4 heterocycles. The number of H-pyrrole nitrogens is 2. The van der Waals surface area contributed by atoms with Gasteiger partial charge in [-0.25, -0.2) is 19.6 Å². The summed E-state index contributed by atoms with van der Waals surface area (Å²) in [6, 6.07) is 11.8. The van der Waals surface area contributed by atoms with E-state index in [-0.39, 0.29) is 35.7 Å². The van der Waals surface area contributed by atoms with Gasteiger partial charge in [-0.2, -0.15) is 0 Å². The third-order valence-corrected chi connectivity index (χ3v) is 10.2. The molecule has 0 spiro atoms. The quantitative estimate of drug-likeness (QED) is 0.164. The van der Waals surface area contributed by atoms with Crippen molar-refractivity contribution in [1.82, 2.24) is 40.4 Å². The van der Waals surface area contributed by atoms with Gasteiger partial charge in [-0.15, -0.1) is 0 Å². The van der Waals surface area contributed by atoms with E-state index in [2.05, 4.69) is 37.4 Å². The van der Waals surface area contributed by atoms with Crippen LogP contribution in [0.25, 0.3) is 22.3 Å². The number of imidazole rings is 2. The van der Waals surface area contributed by atoms with Crippen LogP contribution < -0.4 is 10.6 Å². The number of likely N-dealkylation sites (tertiary alicyclic amines) is 2. The number of benzene rings is 2. The molecule has 0 radical (unpaired) electrons. The van der Waals surface area contributed by atoms with Gasteiger partial charge in [0.25, 0.3) is 0 Å². The van der Waals surface area contributed by atoms with Crippen molar-refractivity contribution >= 4 is 35.0 Å². The molecule has 0 aliphatic carbocycles. The van der Waals surface area contributed by atoms with Gasteiger partial charge in [-0.1, -0.05) is 51.7 Å². The molecule has 0 saturated carbocycles. The van der Waals surface area contributed by atoms with Crippen LogP contribution in [-0.2, 0) is 19.1 Å². The Bertz CT molecular complexity index is 2060. The number of aromatic nitrogens is 4. The number of rotatable bonds is 9. The molecule has 6 rings (SSSR count). The number of alkyl carbamates (subject to hydrolysis) is 2. The smallest absolute Gasteiger partial charge is 0.407 e. The van der Waals surface area contributed by atoms with Crippen LogP contribution in [0.4, 0.5) is 9.59 Å². The van der Waals surface area contributed by atoms with Crippen molar-refractivity contribution in [2.45, 2.75) is 77.5 Å². The number of nitrogens with one attached hydrogen (secondary N) is 4. The summed E-state index contributed by atoms with van der Waals surface area (Å²) < 4.78 is 9.52. The van der Waals surface area contributed by atoms with Gasteiger partial charge in [0.1, 0.15) is 17.9 Å². The first-order valence-corrected chi connectivity index (χ1v) is 18.4. The summed E-state index contributed by atoms with van der Waals surface area (Å²) in [4.78, 5) is 70.9. The first-order valence-electron chi connectivity index (χ1n) is 18.4. The van der Waals surface area contributed by atoms with Gasteiger partial charge in [-0.3, -0.25) is 9.59 Å². The SMILES string of the molecule is COC(=O)N[C@H](C(=O)N1CCC[C@H]1c1nc2ccc(C#Cc3ccc(-c4[nH]cnc4[C@@H]4CCCN4C(=O)[C@@H](NC(=O)OC)C(C)C)cc3)cc2[nH]1)C(C)C. The summed E-state index contributed by atoms with van der Waals surface area (Å²) in [5, 5.41) is 5.39. The molecule has 4 N–H and O–H groups in total. The van der Waals surface area contributed by atoms with Gasteiger partial charge in [-0.05, 0) is 73.4 Å². The Balaban J connectivity index is 1.15. The monoisotopic (exact) mass is 736 g/mol. The average molecular weight is 737 g/mol. The van der Waals surface area contributed by atoms with E-state index in [9.17, 15) is 19.2 Å². The number of hydrogen-bond acceptors (Lipinski definition) is 8. The summed E-state index contributed by atoms with van der Waals surface area (Å²) in [7, 11) is 2.57. The highest BCUT2D eigenvalue weighted by Crippen LogP contribution is 2.37. The van der Waals surface area contributed by atoms with Crippen LogP contribution in [0.3, 0.4) is 0 Å². The molecular formula is C40H48N8O6. The Morgan fingerprint density at radius 2 is 1.35 bits per heavy atom. The summed E-state index contributed by atoms with van der Waals surface area (Å²) in [6.45, 7) is 8.74. The molecule has 4 atom stereocenters. The zero-order valence-electron chi connectivity index (χ0n) is 31.6. The number of aromatic amines is 2. The van der Waals surface area contributed by atoms with E-state index in [0.29, 0.717) is 18.9 Å². The molecule has 54 heavy (non-hydrogen) atoms. The second-order valence-corrected chi connectivity index (χ2v) is 14.4. The maximum atomic E-state index is 13.6. The normalized spacial score (nSPS) is 18.0. The van der Waals surface area contributed by atoms with Gasteiger partial charge in [0, 0.05) is 24.2 Å². The zero-order valence-corrected chi connectivity index (χ0v) is 31.6. The number of carbonyl (C=O) groups is 4. The van der Waals surface area contributed by atoms with E-state index in [1.54, 1.807) is 11.2 Å². The minimum atomic E-state index is -0.705. The van der Waals surface area contributed by atoms with E-state index < -0.39 is 24.3 Å². The molecule has 2 aromatic heterocycles. The van der Waals surface area contributed by atoms with Gasteiger partial charge >= 0.3 is 12.2 Å². The predicted molar refractivity (Wildman–Crippen MR) is 202 cm³/mol. The highest BCUT2D eigenvalue weighted by molar-refractivity contribution is 5.87. The lowest BCUT2D eigenvalue weighted by Crippen LogP contribution is -2.51. The summed E-state index contributed by atoms with van der Waals surface area (Å²) in [5.74, 6) is 6.68. The molecule has 4 aromatic rings. The number of methoxy groups -OCH3 is 2. The Hall–Kier alpha value is -5.84. The summed E-state index contributed by atoms with van der Waals surface area (Å²) in [6.07, 6.45) is 3.58. The molecule has 0 unspecified atom stereocenters. The van der Waals surface area contributed by atoms with Crippen molar-refractivity contribution in [2.24, 2.45) is 11.8 Å². The second kappa shape index (κ2) is 16.4. The fraction of sp³-hybridized carbons (Fsp3) is 0.450. The van der Waals surface area contributed by atoms with Crippen molar-refractivity contribution in [3.05, 3.63) is 71.4 Å². The first kappa shape index (κ1) is 37.9. The molecule has 4 amide bonds. The number of hydrogen-bond donors (Lipinski definition) is 4. The molecule has 2 fully saturated rings. The van der Waals surface area contributed by atoms with Crippen LogP contribution in [0, 0.1) is 23.7 Å². The fourth-order valence-corrected chi connectivity index (χ4v) is 7.30. The van der Waals surface area contributed by atoms with Crippen LogP contribution in [-0.4, -0.2) is 93.1 Å². The number of ether oxygens (including phenoxy) is 2. The largest absolute Gasteiger partial charge is 0.453 e. The molecule has 2 aliphatic heterocycles. The number of nitrogens with zero attached hydrogens (tertiary/aromatic N) is 4. The van der Waals surface area contributed by atoms with E-state index in [1.165, 1.54) is 14.2 Å². The topological polar surface area (TPSA) is 175 Å². The summed E-state index contributed by atoms with van der Waals surface area (Å²) >= 11 is 0. The van der Waals surface area contributed by atoms with E-state index >= 15 is 0 Å². The van der Waals surface area contributed by atoms with Crippen LogP contribution >= 0.6 is 0 Å². The number of fused-ring (bicyclic) bond motifs is 1. The lowest BCUT2D eigenvalue weighted by Gasteiger charge is -2.30. The lowest BCUT2D eigenvalue weighted by atomic mass is 10.00. The highest BCUT2D eigenvalue weighted by atomic mass is 16.5. The van der Waals surface area contributed by atoms with Crippen molar-refractivity contribution in [3.63, 3.8) is 0 Å². The third-order valence-electron chi connectivity index (χ3n) is 10.2. The number of amides is 4. The lowest BCUT2D eigenvalue weighted by molar-refractivity contribution is -0.136. The van der Waals surface area contributed by atoms with Gasteiger partial charge in [0.2, 0.25) is 11.8 Å². The van der Waals surface area contributed by atoms with Gasteiger partial charge < -0.3 is 39.9 Å².